The molecule has 1 heterocycles. The van der Waals surface area contributed by atoms with Crippen LogP contribution >= 0.6 is 0 Å². The number of hydrogen-bond acceptors (Lipinski definition) is 4. The SMILES string of the molecule is CS(=O)(=O)Nc1ccc(C2(C#N)CCOCC2)cc1. The highest BCUT2D eigenvalue weighted by Gasteiger charge is 2.34. The maximum Gasteiger partial charge on any atom is 0.229 e. The van der Waals surface area contributed by atoms with Crippen LogP contribution in [0.25, 0.3) is 0 Å². The minimum Gasteiger partial charge on any atom is -0.381 e. The molecule has 1 aromatic rings. The third-order valence-corrected chi connectivity index (χ3v) is 3.91. The molecule has 1 N–H and O–H groups in total. The zero-order chi connectivity index (χ0) is 13.9. The van der Waals surface area contributed by atoms with Crippen LogP contribution in [0.3, 0.4) is 0 Å². The van der Waals surface area contributed by atoms with Crippen molar-refractivity contribution in [2.24, 2.45) is 0 Å². The van der Waals surface area contributed by atoms with E-state index < -0.39 is 15.4 Å². The van der Waals surface area contributed by atoms with Crippen molar-refractivity contribution in [1.29, 1.82) is 5.26 Å². The minimum absolute atomic E-state index is 0.506. The first-order chi connectivity index (χ1) is 8.95. The van der Waals surface area contributed by atoms with Gasteiger partial charge in [-0.3, -0.25) is 4.72 Å². The van der Waals surface area contributed by atoms with Gasteiger partial charge in [-0.15, -0.1) is 0 Å². The van der Waals surface area contributed by atoms with E-state index in [1.807, 2.05) is 12.1 Å². The molecule has 0 spiro atoms. The Balaban J connectivity index is 2.24. The van der Waals surface area contributed by atoms with Crippen LogP contribution in [0.4, 0.5) is 5.69 Å². The maximum absolute atomic E-state index is 11.1. The number of sulfonamides is 1. The van der Waals surface area contributed by atoms with Crippen LogP contribution in [0.5, 0.6) is 0 Å². The van der Waals surface area contributed by atoms with Crippen molar-refractivity contribution in [3.8, 4) is 6.07 Å². The summed E-state index contributed by atoms with van der Waals surface area (Å²) in [4.78, 5) is 0. The molecule has 1 aromatic carbocycles. The molecule has 1 aliphatic rings. The lowest BCUT2D eigenvalue weighted by Gasteiger charge is -2.31. The van der Waals surface area contributed by atoms with Crippen LogP contribution in [0.15, 0.2) is 24.3 Å². The van der Waals surface area contributed by atoms with Crippen molar-refractivity contribution in [3.05, 3.63) is 29.8 Å². The fourth-order valence-electron chi connectivity index (χ4n) is 2.26. The number of rotatable bonds is 3. The number of nitriles is 1. The minimum atomic E-state index is -3.27. The van der Waals surface area contributed by atoms with Crippen LogP contribution in [0.2, 0.25) is 0 Å². The van der Waals surface area contributed by atoms with Crippen molar-refractivity contribution < 1.29 is 13.2 Å². The molecule has 6 heteroatoms. The lowest BCUT2D eigenvalue weighted by atomic mass is 9.75. The van der Waals surface area contributed by atoms with Crippen LogP contribution in [-0.4, -0.2) is 27.9 Å². The molecule has 0 amide bonds. The lowest BCUT2D eigenvalue weighted by Crippen LogP contribution is -2.32. The molecular formula is C13H16N2O3S. The van der Waals surface area contributed by atoms with Crippen molar-refractivity contribution in [3.63, 3.8) is 0 Å². The summed E-state index contributed by atoms with van der Waals surface area (Å²) in [6, 6.07) is 9.37. The normalized spacial score (nSPS) is 18.5. The highest BCUT2D eigenvalue weighted by Crippen LogP contribution is 2.34. The van der Waals surface area contributed by atoms with Gasteiger partial charge < -0.3 is 4.74 Å². The van der Waals surface area contributed by atoms with Crippen LogP contribution in [-0.2, 0) is 20.2 Å². The maximum atomic E-state index is 11.1. The largest absolute Gasteiger partial charge is 0.381 e. The molecule has 1 fully saturated rings. The highest BCUT2D eigenvalue weighted by atomic mass is 32.2. The van der Waals surface area contributed by atoms with E-state index in [1.165, 1.54) is 0 Å². The van der Waals surface area contributed by atoms with Gasteiger partial charge in [-0.1, -0.05) is 12.1 Å². The molecule has 19 heavy (non-hydrogen) atoms. The number of benzene rings is 1. The second-order valence-corrected chi connectivity index (χ2v) is 6.51. The van der Waals surface area contributed by atoms with Gasteiger partial charge in [0.25, 0.3) is 0 Å². The molecule has 0 atom stereocenters. The lowest BCUT2D eigenvalue weighted by molar-refractivity contribution is 0.0675. The number of ether oxygens (including phenoxy) is 1. The summed E-state index contributed by atoms with van der Waals surface area (Å²) in [5.74, 6) is 0. The van der Waals surface area contributed by atoms with E-state index in [0.717, 1.165) is 11.8 Å². The summed E-state index contributed by atoms with van der Waals surface area (Å²) in [7, 11) is -3.27. The Bertz CT molecular complexity index is 581. The van der Waals surface area contributed by atoms with Crippen molar-refractivity contribution in [1.82, 2.24) is 0 Å². The van der Waals surface area contributed by atoms with Crippen LogP contribution in [0, 0.1) is 11.3 Å². The van der Waals surface area contributed by atoms with Crippen LogP contribution < -0.4 is 4.72 Å². The molecule has 0 bridgehead atoms. The predicted octanol–water partition coefficient (Wildman–Crippen LogP) is 1.63. The predicted molar refractivity (Wildman–Crippen MR) is 72.3 cm³/mol. The molecule has 1 aliphatic heterocycles. The summed E-state index contributed by atoms with van der Waals surface area (Å²) < 4.78 is 30.0. The number of anilines is 1. The summed E-state index contributed by atoms with van der Waals surface area (Å²) in [5.41, 5.74) is 0.908. The number of nitrogens with one attached hydrogen (secondary N) is 1. The van der Waals surface area contributed by atoms with E-state index in [1.54, 1.807) is 12.1 Å². The fraction of sp³-hybridized carbons (Fsp3) is 0.462. The Labute approximate surface area is 113 Å². The van der Waals surface area contributed by atoms with Gasteiger partial charge in [0.15, 0.2) is 0 Å². The average molecular weight is 280 g/mol. The first-order valence-electron chi connectivity index (χ1n) is 6.03. The zero-order valence-corrected chi connectivity index (χ0v) is 11.5. The second kappa shape index (κ2) is 5.19. The molecule has 5 nitrogen and oxygen atoms in total. The van der Waals surface area contributed by atoms with Gasteiger partial charge in [0, 0.05) is 18.9 Å². The monoisotopic (exact) mass is 280 g/mol. The van der Waals surface area contributed by atoms with Gasteiger partial charge in [-0.2, -0.15) is 5.26 Å². The summed E-state index contributed by atoms with van der Waals surface area (Å²) in [6.07, 6.45) is 2.45. The number of nitrogens with zero attached hydrogens (tertiary/aromatic N) is 1. The molecule has 2 rings (SSSR count). The fourth-order valence-corrected chi connectivity index (χ4v) is 2.82. The van der Waals surface area contributed by atoms with E-state index in [4.69, 9.17) is 4.74 Å². The first-order valence-corrected chi connectivity index (χ1v) is 7.92. The average Bonchev–Trinajstić information content (AvgIpc) is 2.38. The van der Waals surface area contributed by atoms with E-state index >= 15 is 0 Å². The molecular weight excluding hydrogens is 264 g/mol. The summed E-state index contributed by atoms with van der Waals surface area (Å²) in [5, 5.41) is 9.43. The first kappa shape index (κ1) is 13.8. The molecule has 0 aromatic heterocycles. The molecule has 1 saturated heterocycles. The third-order valence-electron chi connectivity index (χ3n) is 3.30. The van der Waals surface area contributed by atoms with Gasteiger partial charge in [-0.05, 0) is 30.5 Å². The van der Waals surface area contributed by atoms with Crippen molar-refractivity contribution in [2.75, 3.05) is 24.2 Å². The van der Waals surface area contributed by atoms with E-state index in [9.17, 15) is 13.7 Å². The Kier molecular flexibility index (Phi) is 3.78. The topological polar surface area (TPSA) is 79.2 Å². The van der Waals surface area contributed by atoms with Gasteiger partial charge in [0.05, 0.1) is 17.7 Å². The molecule has 0 saturated carbocycles. The summed E-state index contributed by atoms with van der Waals surface area (Å²) >= 11 is 0. The Morgan fingerprint density at radius 3 is 2.32 bits per heavy atom. The summed E-state index contributed by atoms with van der Waals surface area (Å²) in [6.45, 7) is 1.16. The molecule has 102 valence electrons. The smallest absolute Gasteiger partial charge is 0.229 e. The Morgan fingerprint density at radius 1 is 1.26 bits per heavy atom. The van der Waals surface area contributed by atoms with E-state index in [0.29, 0.717) is 31.7 Å². The molecule has 0 radical (unpaired) electrons. The molecule has 0 aliphatic carbocycles. The standard InChI is InChI=1S/C13H16N2O3S/c1-19(16,17)15-12-4-2-11(3-5-12)13(10-14)6-8-18-9-7-13/h2-5,15H,6-9H2,1H3. The third kappa shape index (κ3) is 3.25. The molecule has 0 unspecified atom stereocenters. The Hall–Kier alpha value is -1.58. The van der Waals surface area contributed by atoms with Gasteiger partial charge in [0.2, 0.25) is 10.0 Å². The quantitative estimate of drug-likeness (QED) is 0.912. The zero-order valence-electron chi connectivity index (χ0n) is 10.7. The van der Waals surface area contributed by atoms with E-state index in [2.05, 4.69) is 10.8 Å². The van der Waals surface area contributed by atoms with Gasteiger partial charge >= 0.3 is 0 Å². The Morgan fingerprint density at radius 2 is 1.84 bits per heavy atom. The van der Waals surface area contributed by atoms with Crippen molar-refractivity contribution in [2.45, 2.75) is 18.3 Å². The van der Waals surface area contributed by atoms with E-state index in [-0.39, 0.29) is 0 Å². The van der Waals surface area contributed by atoms with Crippen molar-refractivity contribution >= 4 is 15.7 Å². The van der Waals surface area contributed by atoms with Crippen LogP contribution in [0.1, 0.15) is 18.4 Å². The second-order valence-electron chi connectivity index (χ2n) is 4.76. The van der Waals surface area contributed by atoms with Gasteiger partial charge in [-0.25, -0.2) is 8.42 Å². The van der Waals surface area contributed by atoms with Gasteiger partial charge in [0.1, 0.15) is 0 Å². The number of hydrogen-bond donors (Lipinski definition) is 1. The highest BCUT2D eigenvalue weighted by molar-refractivity contribution is 7.92.